The van der Waals surface area contributed by atoms with E-state index in [0.717, 1.165) is 6.42 Å². The van der Waals surface area contributed by atoms with E-state index in [1.165, 1.54) is 0 Å². The average Bonchev–Trinajstić information content (AvgIpc) is 2.62. The lowest BCUT2D eigenvalue weighted by Gasteiger charge is -2.30. The number of nitrogens with zero attached hydrogens (tertiary/aromatic N) is 2. The normalized spacial score (nSPS) is 24.2. The molecule has 94 valence electrons. The molecule has 6 nitrogen and oxygen atoms in total. The summed E-state index contributed by atoms with van der Waals surface area (Å²) in [5.74, 6) is -1.12. The zero-order chi connectivity index (χ0) is 12.9. The molecule has 2 N–H and O–H groups in total. The van der Waals surface area contributed by atoms with Gasteiger partial charge in [0.1, 0.15) is 5.54 Å². The van der Waals surface area contributed by atoms with Crippen molar-refractivity contribution in [3.63, 3.8) is 0 Å². The minimum Gasteiger partial charge on any atom is -0.480 e. The third-order valence-electron chi connectivity index (χ3n) is 3.14. The molecule has 17 heavy (non-hydrogen) atoms. The summed E-state index contributed by atoms with van der Waals surface area (Å²) < 4.78 is 0. The zero-order valence-electron chi connectivity index (χ0n) is 9.90. The quantitative estimate of drug-likeness (QED) is 0.656. The van der Waals surface area contributed by atoms with Crippen molar-refractivity contribution >= 4 is 11.9 Å². The van der Waals surface area contributed by atoms with Crippen LogP contribution in [0.25, 0.3) is 0 Å². The van der Waals surface area contributed by atoms with Gasteiger partial charge in [0.2, 0.25) is 5.91 Å². The molecule has 1 aliphatic heterocycles. The van der Waals surface area contributed by atoms with Crippen molar-refractivity contribution in [2.75, 3.05) is 19.6 Å². The SMILES string of the molecule is CC1(C(=O)O)CCCN1CC(=O)NCCC#N. The molecule has 1 unspecified atom stereocenters. The van der Waals surface area contributed by atoms with E-state index in [9.17, 15) is 9.59 Å². The summed E-state index contributed by atoms with van der Waals surface area (Å²) in [7, 11) is 0. The smallest absolute Gasteiger partial charge is 0.323 e. The largest absolute Gasteiger partial charge is 0.480 e. The maximum Gasteiger partial charge on any atom is 0.323 e. The van der Waals surface area contributed by atoms with Crippen LogP contribution in [0.4, 0.5) is 0 Å². The number of rotatable bonds is 5. The van der Waals surface area contributed by atoms with Crippen LogP contribution in [0.15, 0.2) is 0 Å². The number of carboxylic acid groups (broad SMARTS) is 1. The Balaban J connectivity index is 2.48. The van der Waals surface area contributed by atoms with Crippen LogP contribution >= 0.6 is 0 Å². The zero-order valence-corrected chi connectivity index (χ0v) is 9.90. The molecule has 0 radical (unpaired) electrons. The van der Waals surface area contributed by atoms with E-state index >= 15 is 0 Å². The van der Waals surface area contributed by atoms with Gasteiger partial charge < -0.3 is 10.4 Å². The first-order valence-corrected chi connectivity index (χ1v) is 5.63. The lowest BCUT2D eigenvalue weighted by Crippen LogP contribution is -2.51. The van der Waals surface area contributed by atoms with Crippen molar-refractivity contribution < 1.29 is 14.7 Å². The van der Waals surface area contributed by atoms with Crippen LogP contribution in [0.1, 0.15) is 26.2 Å². The van der Waals surface area contributed by atoms with Gasteiger partial charge in [-0.15, -0.1) is 0 Å². The predicted molar refractivity (Wildman–Crippen MR) is 60.1 cm³/mol. The number of aliphatic carboxylic acids is 1. The van der Waals surface area contributed by atoms with E-state index < -0.39 is 11.5 Å². The van der Waals surface area contributed by atoms with Gasteiger partial charge in [0.05, 0.1) is 19.0 Å². The Labute approximate surface area is 100 Å². The van der Waals surface area contributed by atoms with Gasteiger partial charge in [-0.3, -0.25) is 14.5 Å². The van der Waals surface area contributed by atoms with Crippen molar-refractivity contribution in [2.24, 2.45) is 0 Å². The van der Waals surface area contributed by atoms with E-state index in [1.807, 2.05) is 6.07 Å². The van der Waals surface area contributed by atoms with E-state index in [0.29, 0.717) is 19.5 Å². The monoisotopic (exact) mass is 239 g/mol. The van der Waals surface area contributed by atoms with Gasteiger partial charge in [0.15, 0.2) is 0 Å². The summed E-state index contributed by atoms with van der Waals surface area (Å²) >= 11 is 0. The molecule has 1 heterocycles. The number of likely N-dealkylation sites (tertiary alicyclic amines) is 1. The molecular weight excluding hydrogens is 222 g/mol. The molecule has 0 saturated carbocycles. The highest BCUT2D eigenvalue weighted by atomic mass is 16.4. The molecular formula is C11H17N3O3. The lowest BCUT2D eigenvalue weighted by molar-refractivity contribution is -0.149. The summed E-state index contributed by atoms with van der Waals surface area (Å²) in [5.41, 5.74) is -0.938. The number of hydrogen-bond donors (Lipinski definition) is 2. The standard InChI is InChI=1S/C11H17N3O3/c1-11(10(16)17)4-2-7-14(11)8-9(15)13-6-3-5-12/h2-4,6-8H2,1H3,(H,13,15)(H,16,17). The third-order valence-corrected chi connectivity index (χ3v) is 3.14. The Kier molecular flexibility index (Phi) is 4.46. The van der Waals surface area contributed by atoms with Crippen LogP contribution in [-0.4, -0.2) is 47.1 Å². The van der Waals surface area contributed by atoms with Crippen molar-refractivity contribution in [3.05, 3.63) is 0 Å². The van der Waals surface area contributed by atoms with E-state index in [4.69, 9.17) is 10.4 Å². The highest BCUT2D eigenvalue weighted by molar-refractivity contribution is 5.82. The van der Waals surface area contributed by atoms with Crippen LogP contribution in [0.2, 0.25) is 0 Å². The van der Waals surface area contributed by atoms with Crippen molar-refractivity contribution in [1.29, 1.82) is 5.26 Å². The highest BCUT2D eigenvalue weighted by Gasteiger charge is 2.43. The maximum absolute atomic E-state index is 11.5. The van der Waals surface area contributed by atoms with E-state index in [-0.39, 0.29) is 18.9 Å². The molecule has 0 spiro atoms. The lowest BCUT2D eigenvalue weighted by atomic mass is 9.99. The topological polar surface area (TPSA) is 93.4 Å². The Morgan fingerprint density at radius 1 is 1.59 bits per heavy atom. The van der Waals surface area contributed by atoms with Crippen molar-refractivity contribution in [2.45, 2.75) is 31.7 Å². The molecule has 1 rings (SSSR count). The fourth-order valence-corrected chi connectivity index (χ4v) is 2.00. The minimum absolute atomic E-state index is 0.0776. The molecule has 0 aromatic rings. The second-order valence-corrected chi connectivity index (χ2v) is 4.36. The summed E-state index contributed by atoms with van der Waals surface area (Å²) in [6, 6.07) is 1.93. The molecule has 0 aromatic carbocycles. The molecule has 6 heteroatoms. The van der Waals surface area contributed by atoms with E-state index in [2.05, 4.69) is 5.32 Å². The first kappa shape index (κ1) is 13.5. The van der Waals surface area contributed by atoms with Crippen LogP contribution in [0.3, 0.4) is 0 Å². The fourth-order valence-electron chi connectivity index (χ4n) is 2.00. The number of hydrogen-bond acceptors (Lipinski definition) is 4. The minimum atomic E-state index is -0.938. The van der Waals surface area contributed by atoms with Gasteiger partial charge in [-0.2, -0.15) is 5.26 Å². The summed E-state index contributed by atoms with van der Waals surface area (Å²) in [6.07, 6.45) is 1.62. The van der Waals surface area contributed by atoms with Crippen molar-refractivity contribution in [1.82, 2.24) is 10.2 Å². The summed E-state index contributed by atoms with van der Waals surface area (Å²) in [5, 5.41) is 20.1. The van der Waals surface area contributed by atoms with Gasteiger partial charge >= 0.3 is 5.97 Å². The van der Waals surface area contributed by atoms with Crippen LogP contribution in [0.5, 0.6) is 0 Å². The first-order chi connectivity index (χ1) is 8.00. The van der Waals surface area contributed by atoms with Crippen LogP contribution in [0, 0.1) is 11.3 Å². The van der Waals surface area contributed by atoms with E-state index in [1.54, 1.807) is 11.8 Å². The van der Waals surface area contributed by atoms with Gasteiger partial charge in [0, 0.05) is 6.54 Å². The Morgan fingerprint density at radius 2 is 2.29 bits per heavy atom. The number of amides is 1. The van der Waals surface area contributed by atoms with Crippen LogP contribution < -0.4 is 5.32 Å². The molecule has 1 atom stereocenters. The summed E-state index contributed by atoms with van der Waals surface area (Å²) in [4.78, 5) is 24.4. The Hall–Kier alpha value is -1.61. The third kappa shape index (κ3) is 3.17. The fraction of sp³-hybridized carbons (Fsp3) is 0.727. The Morgan fingerprint density at radius 3 is 2.88 bits per heavy atom. The maximum atomic E-state index is 11.5. The Bertz CT molecular complexity index is 350. The molecule has 0 aromatic heterocycles. The molecule has 0 bridgehead atoms. The number of nitriles is 1. The van der Waals surface area contributed by atoms with Crippen LogP contribution in [-0.2, 0) is 9.59 Å². The van der Waals surface area contributed by atoms with Gasteiger partial charge in [0.25, 0.3) is 0 Å². The highest BCUT2D eigenvalue weighted by Crippen LogP contribution is 2.28. The van der Waals surface area contributed by atoms with Gasteiger partial charge in [-0.25, -0.2) is 0 Å². The number of carboxylic acids is 1. The number of carbonyl (C=O) groups excluding carboxylic acids is 1. The van der Waals surface area contributed by atoms with Crippen molar-refractivity contribution in [3.8, 4) is 6.07 Å². The molecule has 1 saturated heterocycles. The molecule has 1 fully saturated rings. The summed E-state index contributed by atoms with van der Waals surface area (Å²) in [6.45, 7) is 2.65. The second kappa shape index (κ2) is 5.64. The predicted octanol–water partition coefficient (Wildman–Crippen LogP) is -0.0446. The first-order valence-electron chi connectivity index (χ1n) is 5.63. The molecule has 0 aliphatic carbocycles. The molecule has 1 amide bonds. The second-order valence-electron chi connectivity index (χ2n) is 4.36. The molecule has 1 aliphatic rings. The average molecular weight is 239 g/mol. The van der Waals surface area contributed by atoms with Gasteiger partial charge in [-0.1, -0.05) is 0 Å². The number of nitrogens with one attached hydrogen (secondary N) is 1. The van der Waals surface area contributed by atoms with Gasteiger partial charge in [-0.05, 0) is 26.3 Å². The number of carbonyl (C=O) groups is 2.